The zero-order chi connectivity index (χ0) is 9.14. The summed E-state index contributed by atoms with van der Waals surface area (Å²) in [6.45, 7) is 0. The molecule has 1 heterocycles. The number of hydrogen-bond acceptors (Lipinski definition) is 3. The van der Waals surface area contributed by atoms with Crippen molar-refractivity contribution in [2.24, 2.45) is 0 Å². The van der Waals surface area contributed by atoms with E-state index in [2.05, 4.69) is 41.7 Å². The van der Waals surface area contributed by atoms with Crippen LogP contribution in [0, 0.1) is 0 Å². The van der Waals surface area contributed by atoms with Crippen molar-refractivity contribution < 1.29 is 9.53 Å². The Hall–Kier alpha value is -0.360. The monoisotopic (exact) mass is 296 g/mol. The van der Waals surface area contributed by atoms with E-state index in [0.717, 1.165) is 14.8 Å². The van der Waals surface area contributed by atoms with Gasteiger partial charge in [-0.25, -0.2) is 4.79 Å². The standard InChI is InChI=1S/C6H6Br2N2O2/c1-12-6(11)10-3-4(8)5(2-7)9-10/h3H,2H2,1H3. The molecule has 1 aromatic rings. The molecule has 6 heteroatoms. The maximum Gasteiger partial charge on any atom is 0.434 e. The molecule has 0 amide bonds. The van der Waals surface area contributed by atoms with Gasteiger partial charge in [-0.05, 0) is 15.9 Å². The van der Waals surface area contributed by atoms with Gasteiger partial charge in [0.2, 0.25) is 0 Å². The van der Waals surface area contributed by atoms with Gasteiger partial charge in [-0.1, -0.05) is 15.9 Å². The summed E-state index contributed by atoms with van der Waals surface area (Å²) in [5.41, 5.74) is 0.764. The summed E-state index contributed by atoms with van der Waals surface area (Å²) >= 11 is 6.49. The highest BCUT2D eigenvalue weighted by atomic mass is 79.9. The fourth-order valence-corrected chi connectivity index (χ4v) is 1.87. The highest BCUT2D eigenvalue weighted by molar-refractivity contribution is 9.10. The SMILES string of the molecule is COC(=O)n1cc(Br)c(CBr)n1. The minimum absolute atomic E-state index is 0.497. The van der Waals surface area contributed by atoms with Crippen molar-refractivity contribution in [3.05, 3.63) is 16.4 Å². The lowest BCUT2D eigenvalue weighted by Gasteiger charge is -1.94. The normalized spacial score (nSPS) is 9.92. The van der Waals surface area contributed by atoms with Gasteiger partial charge in [0.25, 0.3) is 0 Å². The average Bonchev–Trinajstić information content (AvgIpc) is 2.45. The number of alkyl halides is 1. The first kappa shape index (κ1) is 9.73. The number of methoxy groups -OCH3 is 1. The largest absolute Gasteiger partial charge is 0.451 e. The summed E-state index contributed by atoms with van der Waals surface area (Å²) in [6.07, 6.45) is 1.06. The first-order valence-corrected chi connectivity index (χ1v) is 4.98. The summed E-state index contributed by atoms with van der Waals surface area (Å²) in [4.78, 5) is 10.9. The molecule has 1 rings (SSSR count). The Morgan fingerprint density at radius 1 is 1.83 bits per heavy atom. The fraction of sp³-hybridized carbons (Fsp3) is 0.333. The Morgan fingerprint density at radius 2 is 2.50 bits per heavy atom. The molecule has 0 aliphatic carbocycles. The van der Waals surface area contributed by atoms with Crippen LogP contribution in [0.5, 0.6) is 0 Å². The Balaban J connectivity index is 2.96. The highest BCUT2D eigenvalue weighted by Gasteiger charge is 2.10. The first-order valence-electron chi connectivity index (χ1n) is 3.07. The van der Waals surface area contributed by atoms with Crippen LogP contribution in [0.3, 0.4) is 0 Å². The van der Waals surface area contributed by atoms with Crippen molar-refractivity contribution in [1.29, 1.82) is 0 Å². The van der Waals surface area contributed by atoms with Gasteiger partial charge in [0.1, 0.15) is 0 Å². The van der Waals surface area contributed by atoms with Gasteiger partial charge < -0.3 is 4.74 Å². The van der Waals surface area contributed by atoms with E-state index in [1.54, 1.807) is 6.20 Å². The predicted molar refractivity (Wildman–Crippen MR) is 50.4 cm³/mol. The molecular weight excluding hydrogens is 292 g/mol. The summed E-state index contributed by atoms with van der Waals surface area (Å²) < 4.78 is 6.40. The van der Waals surface area contributed by atoms with E-state index in [-0.39, 0.29) is 0 Å². The average molecular weight is 298 g/mol. The Kier molecular flexibility index (Phi) is 3.28. The van der Waals surface area contributed by atoms with Crippen molar-refractivity contribution in [2.45, 2.75) is 5.33 Å². The quantitative estimate of drug-likeness (QED) is 0.746. The second-order valence-corrected chi connectivity index (χ2v) is 3.39. The second-order valence-electron chi connectivity index (χ2n) is 1.97. The van der Waals surface area contributed by atoms with Gasteiger partial charge in [0.15, 0.2) is 0 Å². The highest BCUT2D eigenvalue weighted by Crippen LogP contribution is 2.17. The van der Waals surface area contributed by atoms with Crippen LogP contribution < -0.4 is 0 Å². The molecular formula is C6H6Br2N2O2. The third kappa shape index (κ3) is 1.87. The second kappa shape index (κ2) is 4.04. The smallest absolute Gasteiger partial charge is 0.434 e. The molecule has 0 spiro atoms. The van der Waals surface area contributed by atoms with E-state index in [1.165, 1.54) is 7.11 Å². The maximum atomic E-state index is 10.9. The lowest BCUT2D eigenvalue weighted by atomic mass is 10.5. The molecule has 1 aromatic heterocycles. The lowest BCUT2D eigenvalue weighted by Crippen LogP contribution is -2.11. The van der Waals surface area contributed by atoms with Crippen LogP contribution in [-0.4, -0.2) is 23.0 Å². The molecule has 0 fully saturated rings. The summed E-state index contributed by atoms with van der Waals surface area (Å²) in [6, 6.07) is 0. The molecule has 12 heavy (non-hydrogen) atoms. The molecule has 66 valence electrons. The predicted octanol–water partition coefficient (Wildman–Crippen LogP) is 2.16. The van der Waals surface area contributed by atoms with E-state index in [9.17, 15) is 4.79 Å². The molecule has 0 unspecified atom stereocenters. The van der Waals surface area contributed by atoms with Crippen LogP contribution in [0.15, 0.2) is 10.7 Å². The molecule has 0 saturated heterocycles. The Bertz CT molecular complexity index is 298. The van der Waals surface area contributed by atoms with Crippen LogP contribution in [0.2, 0.25) is 0 Å². The van der Waals surface area contributed by atoms with Crippen molar-refractivity contribution in [3.8, 4) is 0 Å². The van der Waals surface area contributed by atoms with Crippen molar-refractivity contribution in [2.75, 3.05) is 7.11 Å². The summed E-state index contributed by atoms with van der Waals surface area (Å²) in [7, 11) is 1.31. The van der Waals surface area contributed by atoms with Gasteiger partial charge >= 0.3 is 6.09 Å². The van der Waals surface area contributed by atoms with E-state index >= 15 is 0 Å². The van der Waals surface area contributed by atoms with Gasteiger partial charge in [0, 0.05) is 5.33 Å². The summed E-state index contributed by atoms with van der Waals surface area (Å²) in [5, 5.41) is 4.54. The molecule has 0 radical (unpaired) electrons. The molecule has 0 N–H and O–H groups in total. The Morgan fingerprint density at radius 3 is 2.92 bits per heavy atom. The van der Waals surface area contributed by atoms with Crippen LogP contribution in [0.1, 0.15) is 5.69 Å². The van der Waals surface area contributed by atoms with Crippen molar-refractivity contribution in [3.63, 3.8) is 0 Å². The number of aromatic nitrogens is 2. The van der Waals surface area contributed by atoms with Crippen molar-refractivity contribution in [1.82, 2.24) is 9.78 Å². The third-order valence-electron chi connectivity index (χ3n) is 1.23. The number of rotatable bonds is 1. The van der Waals surface area contributed by atoms with Gasteiger partial charge in [-0.2, -0.15) is 9.78 Å². The van der Waals surface area contributed by atoms with E-state index in [0.29, 0.717) is 5.33 Å². The maximum absolute atomic E-state index is 10.9. The molecule has 0 aliphatic rings. The molecule has 0 saturated carbocycles. The van der Waals surface area contributed by atoms with E-state index in [4.69, 9.17) is 0 Å². The summed E-state index contributed by atoms with van der Waals surface area (Å²) in [5.74, 6) is 0. The van der Waals surface area contributed by atoms with E-state index < -0.39 is 6.09 Å². The molecule has 4 nitrogen and oxygen atoms in total. The van der Waals surface area contributed by atoms with Crippen LogP contribution in [0.25, 0.3) is 0 Å². The third-order valence-corrected chi connectivity index (χ3v) is 2.42. The first-order chi connectivity index (χ1) is 5.69. The molecule has 0 aromatic carbocycles. The van der Waals surface area contributed by atoms with Gasteiger partial charge in [-0.3, -0.25) is 0 Å². The number of ether oxygens (including phenoxy) is 1. The number of carbonyl (C=O) groups is 1. The minimum Gasteiger partial charge on any atom is -0.451 e. The fourth-order valence-electron chi connectivity index (χ4n) is 0.666. The number of halogens is 2. The Labute approximate surface area is 86.1 Å². The minimum atomic E-state index is -0.497. The molecule has 0 aliphatic heterocycles. The van der Waals surface area contributed by atoms with Crippen molar-refractivity contribution >= 4 is 38.0 Å². The van der Waals surface area contributed by atoms with Crippen LogP contribution in [-0.2, 0) is 10.1 Å². The zero-order valence-electron chi connectivity index (χ0n) is 6.25. The lowest BCUT2D eigenvalue weighted by molar-refractivity contribution is 0.169. The topological polar surface area (TPSA) is 44.1 Å². The van der Waals surface area contributed by atoms with Crippen LogP contribution >= 0.6 is 31.9 Å². The number of hydrogen-bond donors (Lipinski definition) is 0. The molecule has 0 bridgehead atoms. The zero-order valence-corrected chi connectivity index (χ0v) is 9.42. The number of nitrogens with zero attached hydrogens (tertiary/aromatic N) is 2. The van der Waals surface area contributed by atoms with Gasteiger partial charge in [-0.15, -0.1) is 0 Å². The van der Waals surface area contributed by atoms with Crippen LogP contribution in [0.4, 0.5) is 4.79 Å². The number of carbonyl (C=O) groups excluding carboxylic acids is 1. The van der Waals surface area contributed by atoms with E-state index in [1.807, 2.05) is 0 Å². The molecule has 0 atom stereocenters. The van der Waals surface area contributed by atoms with Gasteiger partial charge in [0.05, 0.1) is 23.5 Å².